The number of nitrogens with zero attached hydrogens (tertiary/aromatic N) is 2. The Morgan fingerprint density at radius 1 is 1.47 bits per heavy atom. The van der Waals surface area contributed by atoms with E-state index in [0.717, 1.165) is 11.3 Å². The molecular formula is C14H16N2O2S. The molecule has 100 valence electrons. The summed E-state index contributed by atoms with van der Waals surface area (Å²) in [5.74, 6) is -0.537. The Bertz CT molecular complexity index is 605. The van der Waals surface area contributed by atoms with Gasteiger partial charge in [0.15, 0.2) is 0 Å². The molecule has 0 aliphatic rings. The highest BCUT2D eigenvalue weighted by Gasteiger charge is 2.19. The quantitative estimate of drug-likeness (QED) is 0.929. The maximum absolute atomic E-state index is 11.3. The molecule has 0 spiro atoms. The summed E-state index contributed by atoms with van der Waals surface area (Å²) in [6.07, 6.45) is 2.39. The highest BCUT2D eigenvalue weighted by molar-refractivity contribution is 7.17. The van der Waals surface area contributed by atoms with E-state index < -0.39 is 5.97 Å². The molecule has 0 aliphatic heterocycles. The molecule has 0 saturated heterocycles. The van der Waals surface area contributed by atoms with Crippen LogP contribution in [0.5, 0.6) is 0 Å². The summed E-state index contributed by atoms with van der Waals surface area (Å²) in [4.78, 5) is 20.3. The fraction of sp³-hybridized carbons (Fsp3) is 0.357. The number of hydrogen-bond acceptors (Lipinski definition) is 4. The second kappa shape index (κ2) is 5.48. The maximum Gasteiger partial charge on any atom is 0.347 e. The number of pyridine rings is 1. The van der Waals surface area contributed by atoms with Crippen molar-refractivity contribution in [1.82, 2.24) is 9.97 Å². The maximum atomic E-state index is 11.3. The largest absolute Gasteiger partial charge is 0.477 e. The lowest BCUT2D eigenvalue weighted by molar-refractivity contribution is 0.0700. The van der Waals surface area contributed by atoms with Crippen molar-refractivity contribution >= 4 is 17.3 Å². The molecule has 0 saturated carbocycles. The standard InChI is InChI=1S/C14H16N2O2S/c1-8(2)6-10-12(14(17)18)19-13(16-10)11-7-9(3)4-5-15-11/h4-5,7-8H,6H2,1-3H3,(H,17,18). The number of carboxylic acid groups (broad SMARTS) is 1. The zero-order chi connectivity index (χ0) is 14.0. The van der Waals surface area contributed by atoms with Crippen molar-refractivity contribution < 1.29 is 9.90 Å². The highest BCUT2D eigenvalue weighted by atomic mass is 32.1. The van der Waals surface area contributed by atoms with Crippen molar-refractivity contribution in [3.8, 4) is 10.7 Å². The van der Waals surface area contributed by atoms with Crippen LogP contribution in [0.15, 0.2) is 18.3 Å². The second-order valence-electron chi connectivity index (χ2n) is 4.92. The summed E-state index contributed by atoms with van der Waals surface area (Å²) in [6.45, 7) is 6.08. The molecule has 0 fully saturated rings. The Labute approximate surface area is 116 Å². The Balaban J connectivity index is 2.45. The van der Waals surface area contributed by atoms with Crippen LogP contribution in [-0.4, -0.2) is 21.0 Å². The van der Waals surface area contributed by atoms with Gasteiger partial charge in [0.05, 0.1) is 11.4 Å². The van der Waals surface area contributed by atoms with E-state index >= 15 is 0 Å². The summed E-state index contributed by atoms with van der Waals surface area (Å²) < 4.78 is 0. The third-order valence-electron chi connectivity index (χ3n) is 2.63. The molecule has 5 heteroatoms. The van der Waals surface area contributed by atoms with Crippen LogP contribution >= 0.6 is 11.3 Å². The molecule has 2 aromatic rings. The van der Waals surface area contributed by atoms with Crippen LogP contribution in [0.4, 0.5) is 0 Å². The van der Waals surface area contributed by atoms with Crippen molar-refractivity contribution in [1.29, 1.82) is 0 Å². The van der Waals surface area contributed by atoms with Gasteiger partial charge in [-0.1, -0.05) is 13.8 Å². The minimum atomic E-state index is -0.910. The minimum Gasteiger partial charge on any atom is -0.477 e. The predicted octanol–water partition coefficient (Wildman–Crippen LogP) is 3.41. The molecule has 0 bridgehead atoms. The fourth-order valence-corrected chi connectivity index (χ4v) is 2.71. The first-order valence-electron chi connectivity index (χ1n) is 6.13. The smallest absolute Gasteiger partial charge is 0.347 e. The molecular weight excluding hydrogens is 260 g/mol. The molecule has 0 aromatic carbocycles. The summed E-state index contributed by atoms with van der Waals surface area (Å²) in [6, 6.07) is 3.83. The van der Waals surface area contributed by atoms with Crippen molar-refractivity contribution in [2.75, 3.05) is 0 Å². The van der Waals surface area contributed by atoms with Crippen LogP contribution in [0.3, 0.4) is 0 Å². The van der Waals surface area contributed by atoms with Gasteiger partial charge in [-0.3, -0.25) is 4.98 Å². The van der Waals surface area contributed by atoms with E-state index in [-0.39, 0.29) is 0 Å². The lowest BCUT2D eigenvalue weighted by Crippen LogP contribution is -2.02. The Morgan fingerprint density at radius 3 is 2.79 bits per heavy atom. The molecule has 0 radical (unpaired) electrons. The van der Waals surface area contributed by atoms with E-state index in [9.17, 15) is 9.90 Å². The van der Waals surface area contributed by atoms with Gasteiger partial charge >= 0.3 is 5.97 Å². The predicted molar refractivity (Wildman–Crippen MR) is 75.6 cm³/mol. The lowest BCUT2D eigenvalue weighted by Gasteiger charge is -2.01. The molecule has 1 N–H and O–H groups in total. The normalized spacial score (nSPS) is 10.9. The summed E-state index contributed by atoms with van der Waals surface area (Å²) >= 11 is 1.20. The van der Waals surface area contributed by atoms with Gasteiger partial charge in [0.1, 0.15) is 9.88 Å². The number of aromatic carboxylic acids is 1. The van der Waals surface area contributed by atoms with Gasteiger partial charge in [0.2, 0.25) is 0 Å². The highest BCUT2D eigenvalue weighted by Crippen LogP contribution is 2.28. The number of carbonyl (C=O) groups is 1. The molecule has 0 amide bonds. The lowest BCUT2D eigenvalue weighted by atomic mass is 10.1. The van der Waals surface area contributed by atoms with Crippen molar-refractivity contribution in [2.24, 2.45) is 5.92 Å². The molecule has 2 aromatic heterocycles. The zero-order valence-corrected chi connectivity index (χ0v) is 12.0. The minimum absolute atomic E-state index is 0.326. The third-order valence-corrected chi connectivity index (χ3v) is 3.74. The molecule has 2 rings (SSSR count). The number of hydrogen-bond donors (Lipinski definition) is 1. The monoisotopic (exact) mass is 276 g/mol. The summed E-state index contributed by atoms with van der Waals surface area (Å²) in [5.41, 5.74) is 2.48. The van der Waals surface area contributed by atoms with Gasteiger partial charge < -0.3 is 5.11 Å². The van der Waals surface area contributed by atoms with Gasteiger partial charge in [-0.2, -0.15) is 0 Å². The molecule has 0 unspecified atom stereocenters. The van der Waals surface area contributed by atoms with E-state index in [2.05, 4.69) is 23.8 Å². The first-order chi connectivity index (χ1) is 8.97. The van der Waals surface area contributed by atoms with Crippen molar-refractivity contribution in [2.45, 2.75) is 27.2 Å². The molecule has 19 heavy (non-hydrogen) atoms. The van der Waals surface area contributed by atoms with E-state index in [1.54, 1.807) is 6.20 Å². The molecule has 0 aliphatic carbocycles. The van der Waals surface area contributed by atoms with Gasteiger partial charge in [0, 0.05) is 6.20 Å². The third kappa shape index (κ3) is 3.17. The van der Waals surface area contributed by atoms with Crippen LogP contribution in [0.2, 0.25) is 0 Å². The fourth-order valence-electron chi connectivity index (χ4n) is 1.81. The average molecular weight is 276 g/mol. The van der Waals surface area contributed by atoms with Crippen LogP contribution in [0.25, 0.3) is 10.7 Å². The number of aromatic nitrogens is 2. The topological polar surface area (TPSA) is 63.1 Å². The SMILES string of the molecule is Cc1ccnc(-c2nc(CC(C)C)c(C(=O)O)s2)c1. The van der Waals surface area contributed by atoms with E-state index in [4.69, 9.17) is 0 Å². The van der Waals surface area contributed by atoms with Crippen molar-refractivity contribution in [3.63, 3.8) is 0 Å². The Kier molecular flexibility index (Phi) is 3.95. The second-order valence-corrected chi connectivity index (χ2v) is 5.92. The van der Waals surface area contributed by atoms with Gasteiger partial charge in [-0.25, -0.2) is 9.78 Å². The van der Waals surface area contributed by atoms with E-state index in [1.165, 1.54) is 11.3 Å². The summed E-state index contributed by atoms with van der Waals surface area (Å²) in [7, 11) is 0. The van der Waals surface area contributed by atoms with Crippen LogP contribution in [-0.2, 0) is 6.42 Å². The summed E-state index contributed by atoms with van der Waals surface area (Å²) in [5, 5.41) is 9.92. The molecule has 4 nitrogen and oxygen atoms in total. The average Bonchev–Trinajstić information content (AvgIpc) is 2.72. The Morgan fingerprint density at radius 2 is 2.21 bits per heavy atom. The van der Waals surface area contributed by atoms with E-state index in [1.807, 2.05) is 19.1 Å². The van der Waals surface area contributed by atoms with Crippen LogP contribution in [0.1, 0.15) is 34.8 Å². The van der Waals surface area contributed by atoms with Crippen molar-refractivity contribution in [3.05, 3.63) is 34.5 Å². The molecule has 0 atom stereocenters. The number of aryl methyl sites for hydroxylation is 1. The number of carboxylic acids is 1. The van der Waals surface area contributed by atoms with E-state index in [0.29, 0.717) is 27.9 Å². The van der Waals surface area contributed by atoms with Gasteiger partial charge in [-0.15, -0.1) is 11.3 Å². The zero-order valence-electron chi connectivity index (χ0n) is 11.2. The first kappa shape index (κ1) is 13.7. The van der Waals surface area contributed by atoms with Crippen LogP contribution in [0, 0.1) is 12.8 Å². The first-order valence-corrected chi connectivity index (χ1v) is 6.95. The number of rotatable bonds is 4. The molecule has 2 heterocycles. The van der Waals surface area contributed by atoms with Crippen LogP contribution < -0.4 is 0 Å². The number of thiazole rings is 1. The van der Waals surface area contributed by atoms with Gasteiger partial charge in [-0.05, 0) is 37.0 Å². The Hall–Kier alpha value is -1.75. The van der Waals surface area contributed by atoms with Gasteiger partial charge in [0.25, 0.3) is 0 Å².